The van der Waals surface area contributed by atoms with Gasteiger partial charge in [0.1, 0.15) is 12.3 Å². The summed E-state index contributed by atoms with van der Waals surface area (Å²) >= 11 is 0. The number of nitrogens with zero attached hydrogens (tertiary/aromatic N) is 1. The SMILES string of the molecule is CC(C)c1cccc(NC(=O)CN2C(=O)NC3(CCOc4ccccc43)C2=O)c1. The molecule has 0 aliphatic carbocycles. The van der Waals surface area contributed by atoms with Gasteiger partial charge in [0.25, 0.3) is 5.91 Å². The number of hydrogen-bond acceptors (Lipinski definition) is 4. The summed E-state index contributed by atoms with van der Waals surface area (Å²) in [5, 5.41) is 5.57. The van der Waals surface area contributed by atoms with Gasteiger partial charge in [0, 0.05) is 17.7 Å². The number of hydrogen-bond donors (Lipinski definition) is 2. The lowest BCUT2D eigenvalue weighted by Crippen LogP contribution is -2.48. The number of imide groups is 1. The monoisotopic (exact) mass is 393 g/mol. The van der Waals surface area contributed by atoms with Gasteiger partial charge < -0.3 is 15.4 Å². The van der Waals surface area contributed by atoms with Crippen molar-refractivity contribution in [1.29, 1.82) is 0 Å². The van der Waals surface area contributed by atoms with Crippen molar-refractivity contribution in [2.75, 3.05) is 18.5 Å². The van der Waals surface area contributed by atoms with E-state index in [1.807, 2.05) is 24.3 Å². The first-order valence-corrected chi connectivity index (χ1v) is 9.67. The third kappa shape index (κ3) is 3.33. The quantitative estimate of drug-likeness (QED) is 0.782. The number of carbonyl (C=O) groups excluding carboxylic acids is 3. The molecule has 2 aromatic carbocycles. The van der Waals surface area contributed by atoms with E-state index in [1.54, 1.807) is 24.3 Å². The Hall–Kier alpha value is -3.35. The molecule has 7 nitrogen and oxygen atoms in total. The second-order valence-corrected chi connectivity index (χ2v) is 7.65. The standard InChI is InChI=1S/C22H23N3O4/c1-14(2)15-6-5-7-16(12-15)23-19(26)13-25-20(27)22(24-21(25)28)10-11-29-18-9-4-3-8-17(18)22/h3-9,12,14H,10-11,13H2,1-2H3,(H,23,26)(H,24,28). The van der Waals surface area contributed by atoms with Crippen LogP contribution in [0.4, 0.5) is 10.5 Å². The van der Waals surface area contributed by atoms with Crippen LogP contribution >= 0.6 is 0 Å². The molecule has 4 amide bonds. The lowest BCUT2D eigenvalue weighted by molar-refractivity contribution is -0.135. The molecule has 0 radical (unpaired) electrons. The van der Waals surface area contributed by atoms with E-state index in [4.69, 9.17) is 4.74 Å². The number of anilines is 1. The molecule has 2 aliphatic heterocycles. The molecule has 2 N–H and O–H groups in total. The Bertz CT molecular complexity index is 988. The minimum Gasteiger partial charge on any atom is -0.493 e. The van der Waals surface area contributed by atoms with Gasteiger partial charge in [-0.3, -0.25) is 14.5 Å². The van der Waals surface area contributed by atoms with Crippen molar-refractivity contribution in [2.45, 2.75) is 31.7 Å². The number of carbonyl (C=O) groups is 3. The van der Waals surface area contributed by atoms with Crippen LogP contribution in [0.5, 0.6) is 5.75 Å². The van der Waals surface area contributed by atoms with Gasteiger partial charge in [-0.25, -0.2) is 4.79 Å². The molecule has 1 atom stereocenters. The average Bonchev–Trinajstić information content (AvgIpc) is 2.93. The van der Waals surface area contributed by atoms with Gasteiger partial charge in [-0.05, 0) is 29.7 Å². The highest BCUT2D eigenvalue weighted by atomic mass is 16.5. The van der Waals surface area contributed by atoms with Crippen LogP contribution in [0.15, 0.2) is 48.5 Å². The molecule has 2 aromatic rings. The molecular weight excluding hydrogens is 370 g/mol. The maximum atomic E-state index is 13.2. The fourth-order valence-corrected chi connectivity index (χ4v) is 3.84. The predicted molar refractivity (Wildman–Crippen MR) is 108 cm³/mol. The lowest BCUT2D eigenvalue weighted by Gasteiger charge is -2.33. The van der Waals surface area contributed by atoms with Gasteiger partial charge in [-0.2, -0.15) is 0 Å². The van der Waals surface area contributed by atoms with E-state index in [2.05, 4.69) is 24.5 Å². The minimum absolute atomic E-state index is 0.311. The molecule has 1 unspecified atom stereocenters. The normalized spacial score (nSPS) is 20.4. The fourth-order valence-electron chi connectivity index (χ4n) is 3.84. The largest absolute Gasteiger partial charge is 0.493 e. The number of amides is 4. The van der Waals surface area contributed by atoms with Gasteiger partial charge in [-0.1, -0.05) is 44.2 Å². The number of para-hydroxylation sites is 1. The molecule has 1 saturated heterocycles. The summed E-state index contributed by atoms with van der Waals surface area (Å²) in [4.78, 5) is 39.3. The Balaban J connectivity index is 1.52. The van der Waals surface area contributed by atoms with Crippen molar-refractivity contribution < 1.29 is 19.1 Å². The summed E-state index contributed by atoms with van der Waals surface area (Å²) < 4.78 is 5.62. The maximum absolute atomic E-state index is 13.2. The summed E-state index contributed by atoms with van der Waals surface area (Å²) in [6, 6.07) is 14.1. The van der Waals surface area contributed by atoms with Gasteiger partial charge in [0.15, 0.2) is 5.54 Å². The van der Waals surface area contributed by atoms with Crippen molar-refractivity contribution in [3.8, 4) is 5.75 Å². The van der Waals surface area contributed by atoms with Crippen LogP contribution in [0.2, 0.25) is 0 Å². The fraction of sp³-hybridized carbons (Fsp3) is 0.318. The molecule has 2 heterocycles. The van der Waals surface area contributed by atoms with E-state index in [0.717, 1.165) is 10.5 Å². The van der Waals surface area contributed by atoms with E-state index in [9.17, 15) is 14.4 Å². The molecule has 0 bridgehead atoms. The highest BCUT2D eigenvalue weighted by Gasteiger charge is 2.55. The zero-order valence-corrected chi connectivity index (χ0v) is 16.4. The molecule has 1 spiro atoms. The van der Waals surface area contributed by atoms with Crippen LogP contribution in [-0.2, 0) is 15.1 Å². The van der Waals surface area contributed by atoms with Gasteiger partial charge in [0.05, 0.1) is 6.61 Å². The van der Waals surface area contributed by atoms with E-state index in [-0.39, 0.29) is 6.54 Å². The van der Waals surface area contributed by atoms with Crippen LogP contribution in [0, 0.1) is 0 Å². The van der Waals surface area contributed by atoms with Crippen LogP contribution in [-0.4, -0.2) is 35.9 Å². The average molecular weight is 393 g/mol. The molecule has 1 fully saturated rings. The first-order chi connectivity index (χ1) is 13.9. The molecule has 29 heavy (non-hydrogen) atoms. The topological polar surface area (TPSA) is 87.7 Å². The van der Waals surface area contributed by atoms with Crippen molar-refractivity contribution in [3.05, 3.63) is 59.7 Å². The molecule has 150 valence electrons. The Labute approximate surface area is 169 Å². The summed E-state index contributed by atoms with van der Waals surface area (Å²) in [6.07, 6.45) is 0.323. The van der Waals surface area contributed by atoms with Crippen LogP contribution in [0.25, 0.3) is 0 Å². The predicted octanol–water partition coefficient (Wildman–Crippen LogP) is 2.98. The minimum atomic E-state index is -1.18. The molecular formula is C22H23N3O4. The number of rotatable bonds is 4. The third-order valence-electron chi connectivity index (χ3n) is 5.40. The van der Waals surface area contributed by atoms with Crippen molar-refractivity contribution in [2.24, 2.45) is 0 Å². The maximum Gasteiger partial charge on any atom is 0.325 e. The van der Waals surface area contributed by atoms with E-state index in [0.29, 0.717) is 35.9 Å². The number of urea groups is 1. The number of ether oxygens (including phenoxy) is 1. The molecule has 4 rings (SSSR count). The Morgan fingerprint density at radius 1 is 1.21 bits per heavy atom. The van der Waals surface area contributed by atoms with Gasteiger partial charge in [-0.15, -0.1) is 0 Å². The first kappa shape index (κ1) is 19.0. The Morgan fingerprint density at radius 2 is 2.00 bits per heavy atom. The first-order valence-electron chi connectivity index (χ1n) is 9.67. The Morgan fingerprint density at radius 3 is 2.79 bits per heavy atom. The highest BCUT2D eigenvalue weighted by molar-refractivity contribution is 6.10. The van der Waals surface area contributed by atoms with Crippen molar-refractivity contribution in [1.82, 2.24) is 10.2 Å². The summed E-state index contributed by atoms with van der Waals surface area (Å²) in [5.41, 5.74) is 1.18. The smallest absolute Gasteiger partial charge is 0.325 e. The van der Waals surface area contributed by atoms with Crippen LogP contribution in [0.3, 0.4) is 0 Å². The zero-order valence-electron chi connectivity index (χ0n) is 16.4. The van der Waals surface area contributed by atoms with E-state index < -0.39 is 23.4 Å². The van der Waals surface area contributed by atoms with Gasteiger partial charge in [0.2, 0.25) is 5.91 Å². The number of fused-ring (bicyclic) bond motifs is 2. The lowest BCUT2D eigenvalue weighted by atomic mass is 9.84. The molecule has 0 saturated carbocycles. The Kier molecular flexibility index (Phi) is 4.74. The van der Waals surface area contributed by atoms with Crippen LogP contribution in [0.1, 0.15) is 37.3 Å². The molecule has 0 aromatic heterocycles. The van der Waals surface area contributed by atoms with Crippen LogP contribution < -0.4 is 15.4 Å². The van der Waals surface area contributed by atoms with Crippen molar-refractivity contribution >= 4 is 23.5 Å². The third-order valence-corrected chi connectivity index (χ3v) is 5.40. The highest BCUT2D eigenvalue weighted by Crippen LogP contribution is 2.40. The molecule has 7 heteroatoms. The number of benzene rings is 2. The summed E-state index contributed by atoms with van der Waals surface area (Å²) in [6.45, 7) is 4.10. The summed E-state index contributed by atoms with van der Waals surface area (Å²) in [7, 11) is 0. The van der Waals surface area contributed by atoms with Gasteiger partial charge >= 0.3 is 6.03 Å². The van der Waals surface area contributed by atoms with E-state index >= 15 is 0 Å². The summed E-state index contributed by atoms with van der Waals surface area (Å²) in [5.74, 6) is 0.0478. The van der Waals surface area contributed by atoms with E-state index in [1.165, 1.54) is 0 Å². The second kappa shape index (κ2) is 7.24. The molecule has 2 aliphatic rings. The van der Waals surface area contributed by atoms with Crippen molar-refractivity contribution in [3.63, 3.8) is 0 Å². The zero-order chi connectivity index (χ0) is 20.6. The second-order valence-electron chi connectivity index (χ2n) is 7.65. The number of nitrogens with one attached hydrogen (secondary N) is 2.